The van der Waals surface area contributed by atoms with Crippen molar-refractivity contribution < 1.29 is 33.0 Å². The molecule has 1 radical (unpaired) electrons. The van der Waals surface area contributed by atoms with Gasteiger partial charge in [-0.1, -0.05) is 160 Å². The van der Waals surface area contributed by atoms with Crippen molar-refractivity contribution in [3.8, 4) is 0 Å². The molecule has 1 aliphatic heterocycles. The lowest BCUT2D eigenvalue weighted by Gasteiger charge is -2.42. The zero-order valence-electron chi connectivity index (χ0n) is 36.4. The summed E-state index contributed by atoms with van der Waals surface area (Å²) in [6, 6.07) is 49.3. The molecule has 1 saturated heterocycles. The summed E-state index contributed by atoms with van der Waals surface area (Å²) >= 11 is 0. The molecular formula is C51H52N5O7Si. The van der Waals surface area contributed by atoms with E-state index in [-0.39, 0.29) is 38.0 Å². The zero-order valence-corrected chi connectivity index (χ0v) is 37.4. The average Bonchev–Trinajstić information content (AvgIpc) is 3.87. The first-order valence-electron chi connectivity index (χ1n) is 21.4. The van der Waals surface area contributed by atoms with Crippen LogP contribution >= 0.6 is 0 Å². The molecule has 327 valence electrons. The number of benzene rings is 5. The third-order valence-electron chi connectivity index (χ3n) is 11.2. The Balaban J connectivity index is 1.24. The van der Waals surface area contributed by atoms with Crippen LogP contribution in [0.5, 0.6) is 0 Å². The standard InChI is InChI=1S/C51H52N5O7Si/c1-36(57)61-44-45(60-32-38-22-12-6-13-23-38)51(33-59-31-37-20-10-5-11-21-37,30-42(50(2,3)4)63-64(40-26-16-8-17-27-40)41-28-18-9-19-29-41)62-49(44)56-35-54-43-46(52-34-53-47(43)56)55-48(58)39-24-14-7-15-25-39/h5-29,34-35,42,44-45,49H,30-33H2,1-4H3,(H,52,53,55,58)/t42?,44-,45+,49-,51-/m1/s1. The summed E-state index contributed by atoms with van der Waals surface area (Å²) in [5.74, 6) is -0.661. The number of imidazole rings is 1. The van der Waals surface area contributed by atoms with Gasteiger partial charge in [-0.2, -0.15) is 0 Å². The minimum absolute atomic E-state index is 0.0459. The van der Waals surface area contributed by atoms with Crippen LogP contribution in [0.3, 0.4) is 0 Å². The number of amides is 1. The fraction of sp³-hybridized carbons (Fsp3) is 0.275. The Morgan fingerprint density at radius 2 is 1.33 bits per heavy atom. The fourth-order valence-electron chi connectivity index (χ4n) is 7.97. The largest absolute Gasteiger partial charge is 0.455 e. The van der Waals surface area contributed by atoms with Crippen LogP contribution in [0.25, 0.3) is 11.2 Å². The van der Waals surface area contributed by atoms with E-state index in [4.69, 9.17) is 28.4 Å². The normalized spacial score (nSPS) is 19.1. The van der Waals surface area contributed by atoms with Crippen LogP contribution < -0.4 is 15.7 Å². The number of carbonyl (C=O) groups is 2. The second kappa shape index (κ2) is 20.0. The quantitative estimate of drug-likeness (QED) is 0.0716. The van der Waals surface area contributed by atoms with Gasteiger partial charge in [0.2, 0.25) is 0 Å². The molecule has 0 saturated carbocycles. The summed E-state index contributed by atoms with van der Waals surface area (Å²) < 4.78 is 36.7. The number of rotatable bonds is 17. The molecule has 0 aliphatic carbocycles. The molecule has 1 amide bonds. The van der Waals surface area contributed by atoms with Gasteiger partial charge < -0.3 is 28.7 Å². The lowest BCUT2D eigenvalue weighted by molar-refractivity contribution is -0.175. The SMILES string of the molecule is CC(=O)O[C@H]1[C@H](n2cnc3c(NC(=O)c4ccccc4)ncnc32)O[C@@](COCc2ccccc2)(CC(O[Si](c2ccccc2)c2ccccc2)C(C)(C)C)[C@H]1OCc1ccccc1. The highest BCUT2D eigenvalue weighted by atomic mass is 28.3. The summed E-state index contributed by atoms with van der Waals surface area (Å²) in [6.45, 7) is 8.37. The van der Waals surface area contributed by atoms with Crippen LogP contribution in [-0.2, 0) is 41.4 Å². The summed E-state index contributed by atoms with van der Waals surface area (Å²) in [5.41, 5.74) is 1.32. The Morgan fingerprint density at radius 1 is 0.766 bits per heavy atom. The highest BCUT2D eigenvalue weighted by Crippen LogP contribution is 2.47. The molecular weight excluding hydrogens is 823 g/mol. The molecule has 1 unspecified atom stereocenters. The van der Waals surface area contributed by atoms with E-state index in [0.717, 1.165) is 21.5 Å². The maximum atomic E-state index is 13.3. The van der Waals surface area contributed by atoms with Gasteiger partial charge in [0.15, 0.2) is 29.3 Å². The second-order valence-corrected chi connectivity index (χ2v) is 19.0. The first kappa shape index (κ1) is 44.3. The number of ether oxygens (including phenoxy) is 4. The predicted molar refractivity (Wildman–Crippen MR) is 246 cm³/mol. The molecule has 12 nitrogen and oxygen atoms in total. The number of aromatic nitrogens is 4. The Morgan fingerprint density at radius 3 is 1.91 bits per heavy atom. The molecule has 0 bridgehead atoms. The number of anilines is 1. The predicted octanol–water partition coefficient (Wildman–Crippen LogP) is 7.71. The minimum atomic E-state index is -1.82. The van der Waals surface area contributed by atoms with Gasteiger partial charge in [-0.15, -0.1) is 0 Å². The van der Waals surface area contributed by atoms with Crippen LogP contribution in [0.2, 0.25) is 0 Å². The number of esters is 1. The fourth-order valence-corrected chi connectivity index (χ4v) is 10.3. The van der Waals surface area contributed by atoms with Crippen molar-refractivity contribution in [1.82, 2.24) is 19.5 Å². The van der Waals surface area contributed by atoms with E-state index in [0.29, 0.717) is 16.7 Å². The number of fused-ring (bicyclic) bond motifs is 1. The molecule has 64 heavy (non-hydrogen) atoms. The molecule has 1 fully saturated rings. The van der Waals surface area contributed by atoms with Gasteiger partial charge in [-0.25, -0.2) is 15.0 Å². The number of hydrogen-bond donors (Lipinski definition) is 1. The topological polar surface area (TPSA) is 136 Å². The van der Waals surface area contributed by atoms with Crippen molar-refractivity contribution in [2.75, 3.05) is 11.9 Å². The van der Waals surface area contributed by atoms with Crippen molar-refractivity contribution in [3.63, 3.8) is 0 Å². The summed E-state index contributed by atoms with van der Waals surface area (Å²) in [7, 11) is -1.82. The number of hydrogen-bond acceptors (Lipinski definition) is 10. The molecule has 1 aliphatic rings. The van der Waals surface area contributed by atoms with Gasteiger partial charge in [0.1, 0.15) is 18.0 Å². The average molecular weight is 875 g/mol. The monoisotopic (exact) mass is 874 g/mol. The van der Waals surface area contributed by atoms with Crippen LogP contribution in [0.1, 0.15) is 61.8 Å². The summed E-state index contributed by atoms with van der Waals surface area (Å²) in [6.07, 6.45) is -0.169. The van der Waals surface area contributed by atoms with E-state index in [1.807, 2.05) is 103 Å². The van der Waals surface area contributed by atoms with Crippen LogP contribution in [0, 0.1) is 5.41 Å². The number of nitrogens with one attached hydrogen (secondary N) is 1. The Kier molecular flexibility index (Phi) is 13.8. The van der Waals surface area contributed by atoms with Gasteiger partial charge >= 0.3 is 5.97 Å². The first-order valence-corrected chi connectivity index (χ1v) is 22.8. The van der Waals surface area contributed by atoms with Gasteiger partial charge in [-0.3, -0.25) is 14.2 Å². The van der Waals surface area contributed by atoms with Gasteiger partial charge in [0.25, 0.3) is 14.9 Å². The molecule has 0 spiro atoms. The number of carbonyl (C=O) groups excluding carboxylic acids is 2. The number of nitrogens with zero attached hydrogens (tertiary/aromatic N) is 4. The van der Waals surface area contributed by atoms with Crippen LogP contribution in [0.4, 0.5) is 5.82 Å². The van der Waals surface area contributed by atoms with E-state index in [2.05, 4.69) is 60.3 Å². The van der Waals surface area contributed by atoms with Crippen molar-refractivity contribution in [1.29, 1.82) is 0 Å². The van der Waals surface area contributed by atoms with E-state index in [1.165, 1.54) is 13.3 Å². The van der Waals surface area contributed by atoms with E-state index in [9.17, 15) is 9.59 Å². The molecule has 8 rings (SSSR count). The molecule has 1 N–H and O–H groups in total. The smallest absolute Gasteiger partial charge is 0.303 e. The molecule has 5 aromatic carbocycles. The highest BCUT2D eigenvalue weighted by molar-refractivity contribution is 6.80. The Bertz CT molecular complexity index is 2560. The molecule has 13 heteroatoms. The maximum absolute atomic E-state index is 13.3. The molecule has 7 aromatic rings. The van der Waals surface area contributed by atoms with E-state index >= 15 is 0 Å². The van der Waals surface area contributed by atoms with Crippen molar-refractivity contribution in [3.05, 3.63) is 181 Å². The zero-order chi connectivity index (χ0) is 44.5. The van der Waals surface area contributed by atoms with Crippen molar-refractivity contribution in [2.24, 2.45) is 5.41 Å². The summed E-state index contributed by atoms with van der Waals surface area (Å²) in [5, 5.41) is 5.09. The van der Waals surface area contributed by atoms with Gasteiger partial charge in [-0.05, 0) is 39.0 Å². The van der Waals surface area contributed by atoms with E-state index < -0.39 is 50.6 Å². The lowest BCUT2D eigenvalue weighted by atomic mass is 9.79. The maximum Gasteiger partial charge on any atom is 0.303 e. The third kappa shape index (κ3) is 10.4. The lowest BCUT2D eigenvalue weighted by Crippen LogP contribution is -2.56. The molecule has 2 aromatic heterocycles. The van der Waals surface area contributed by atoms with Crippen LogP contribution in [-0.4, -0.2) is 71.0 Å². The molecule has 3 heterocycles. The minimum Gasteiger partial charge on any atom is -0.455 e. The third-order valence-corrected chi connectivity index (χ3v) is 13.5. The Labute approximate surface area is 375 Å². The van der Waals surface area contributed by atoms with Gasteiger partial charge in [0.05, 0.1) is 32.3 Å². The van der Waals surface area contributed by atoms with Gasteiger partial charge in [0, 0.05) is 18.9 Å². The highest BCUT2D eigenvalue weighted by Gasteiger charge is 2.60. The van der Waals surface area contributed by atoms with Crippen molar-refractivity contribution >= 4 is 48.3 Å². The molecule has 5 atom stereocenters. The first-order chi connectivity index (χ1) is 31.1. The van der Waals surface area contributed by atoms with Crippen LogP contribution in [0.15, 0.2) is 164 Å². The summed E-state index contributed by atoms with van der Waals surface area (Å²) in [4.78, 5) is 40.3. The van der Waals surface area contributed by atoms with Crippen molar-refractivity contribution in [2.45, 2.75) is 77.5 Å². The Hall–Kier alpha value is -6.35. The second-order valence-electron chi connectivity index (χ2n) is 16.9. The van der Waals surface area contributed by atoms with E-state index in [1.54, 1.807) is 35.2 Å².